The van der Waals surface area contributed by atoms with Gasteiger partial charge in [-0.05, 0) is 59.7 Å². The van der Waals surface area contributed by atoms with Gasteiger partial charge < -0.3 is 20.5 Å². The van der Waals surface area contributed by atoms with Crippen LogP contribution in [0.4, 0.5) is 5.69 Å². The first-order valence-electron chi connectivity index (χ1n) is 12.5. The number of ether oxygens (including phenoxy) is 2. The number of nitrogens with two attached hydrogens (primary N) is 1. The molecule has 40 heavy (non-hydrogen) atoms. The number of halogens is 1. The lowest BCUT2D eigenvalue weighted by molar-refractivity contribution is 0.219. The topological polar surface area (TPSA) is 127 Å². The number of benzene rings is 4. The monoisotopic (exact) mass is 578 g/mol. The molecule has 0 aromatic heterocycles. The SMILES string of the molecule is COc1cc(C(CNS(=O)(=O)c2ccccc2)Nc2ccc(C(=N)N)cc2)ccc1O[C@@H](CCl)c1ccccc1. The van der Waals surface area contributed by atoms with E-state index in [4.69, 9.17) is 32.2 Å². The fraction of sp³-hybridized carbons (Fsp3) is 0.167. The molecular weight excluding hydrogens is 548 g/mol. The zero-order chi connectivity index (χ0) is 28.5. The van der Waals surface area contributed by atoms with E-state index in [1.165, 1.54) is 0 Å². The second-order valence-corrected chi connectivity index (χ2v) is 11.0. The van der Waals surface area contributed by atoms with E-state index in [0.29, 0.717) is 17.1 Å². The number of alkyl halides is 1. The van der Waals surface area contributed by atoms with Gasteiger partial charge in [0, 0.05) is 17.8 Å². The van der Waals surface area contributed by atoms with Gasteiger partial charge in [-0.1, -0.05) is 54.6 Å². The highest BCUT2D eigenvalue weighted by Gasteiger charge is 2.21. The molecule has 5 N–H and O–H groups in total. The average molecular weight is 579 g/mol. The zero-order valence-corrected chi connectivity index (χ0v) is 23.5. The molecule has 0 aliphatic heterocycles. The van der Waals surface area contributed by atoms with Gasteiger partial charge in [0.25, 0.3) is 0 Å². The van der Waals surface area contributed by atoms with Crippen LogP contribution in [0.5, 0.6) is 11.5 Å². The molecule has 208 valence electrons. The van der Waals surface area contributed by atoms with Gasteiger partial charge in [-0.15, -0.1) is 11.6 Å². The fourth-order valence-electron chi connectivity index (χ4n) is 4.08. The molecule has 2 atom stereocenters. The Morgan fingerprint density at radius 3 is 2.15 bits per heavy atom. The highest BCUT2D eigenvalue weighted by Crippen LogP contribution is 2.35. The van der Waals surface area contributed by atoms with Crippen LogP contribution in [0.3, 0.4) is 0 Å². The Kier molecular flexibility index (Phi) is 9.65. The first-order chi connectivity index (χ1) is 19.3. The van der Waals surface area contributed by atoms with Gasteiger partial charge in [0.05, 0.1) is 23.9 Å². The Labute approximate surface area is 239 Å². The van der Waals surface area contributed by atoms with Crippen molar-refractivity contribution in [3.8, 4) is 11.5 Å². The summed E-state index contributed by atoms with van der Waals surface area (Å²) in [5, 5.41) is 11.0. The van der Waals surface area contributed by atoms with Gasteiger partial charge in [0.15, 0.2) is 11.5 Å². The van der Waals surface area contributed by atoms with Crippen molar-refractivity contribution in [3.05, 3.63) is 120 Å². The summed E-state index contributed by atoms with van der Waals surface area (Å²) in [5.74, 6) is 1.20. The average Bonchev–Trinajstić information content (AvgIpc) is 2.99. The molecule has 4 aromatic rings. The maximum atomic E-state index is 13.0. The van der Waals surface area contributed by atoms with Crippen molar-refractivity contribution >= 4 is 33.1 Å². The number of nitrogen functional groups attached to an aromatic ring is 1. The van der Waals surface area contributed by atoms with Crippen LogP contribution in [0.1, 0.15) is 28.8 Å². The van der Waals surface area contributed by atoms with Gasteiger partial charge in [-0.3, -0.25) is 5.41 Å². The molecule has 4 rings (SSSR count). The second-order valence-electron chi connectivity index (χ2n) is 8.93. The molecule has 0 saturated carbocycles. The van der Waals surface area contributed by atoms with Crippen molar-refractivity contribution in [2.24, 2.45) is 5.73 Å². The van der Waals surface area contributed by atoms with Gasteiger partial charge in [-0.25, -0.2) is 13.1 Å². The summed E-state index contributed by atoms with van der Waals surface area (Å²) in [5.41, 5.74) is 8.59. The summed E-state index contributed by atoms with van der Waals surface area (Å²) in [6.45, 7) is 0.0450. The summed E-state index contributed by atoms with van der Waals surface area (Å²) in [6, 6.07) is 29.9. The molecular formula is C30H31ClN4O4S. The Morgan fingerprint density at radius 2 is 1.55 bits per heavy atom. The van der Waals surface area contributed by atoms with Crippen molar-refractivity contribution in [3.63, 3.8) is 0 Å². The number of methoxy groups -OCH3 is 1. The predicted molar refractivity (Wildman–Crippen MR) is 159 cm³/mol. The van der Waals surface area contributed by atoms with Crippen LogP contribution in [-0.2, 0) is 10.0 Å². The number of hydrogen-bond acceptors (Lipinski definition) is 6. The standard InChI is InChI=1S/C30H31ClN4O4S/c1-38-28-18-23(14-17-27(28)39-29(19-31)21-8-4-2-5-9-21)26(35-24-15-12-22(13-16-24)30(32)33)20-34-40(36,37)25-10-6-3-7-11-25/h2-18,26,29,34-35H,19-20H2,1H3,(H3,32,33)/t26?,29-/m0/s1. The van der Waals surface area contributed by atoms with Gasteiger partial charge in [-0.2, -0.15) is 0 Å². The molecule has 0 bridgehead atoms. The van der Waals surface area contributed by atoms with E-state index in [1.54, 1.807) is 67.8 Å². The van der Waals surface area contributed by atoms with E-state index in [9.17, 15) is 8.42 Å². The number of hydrogen-bond donors (Lipinski definition) is 4. The molecule has 0 fully saturated rings. The molecule has 0 saturated heterocycles. The summed E-state index contributed by atoms with van der Waals surface area (Å²) >= 11 is 6.22. The molecule has 0 aliphatic rings. The van der Waals surface area contributed by atoms with Crippen LogP contribution in [0.15, 0.2) is 108 Å². The predicted octanol–water partition coefficient (Wildman–Crippen LogP) is 5.47. The minimum Gasteiger partial charge on any atom is -0.493 e. The lowest BCUT2D eigenvalue weighted by atomic mass is 10.0. The van der Waals surface area contributed by atoms with Crippen LogP contribution in [-0.4, -0.2) is 33.8 Å². The zero-order valence-electron chi connectivity index (χ0n) is 21.9. The minimum atomic E-state index is -3.75. The van der Waals surface area contributed by atoms with E-state index >= 15 is 0 Å². The first-order valence-corrected chi connectivity index (χ1v) is 14.5. The Morgan fingerprint density at radius 1 is 0.900 bits per heavy atom. The summed E-state index contributed by atoms with van der Waals surface area (Å²) in [4.78, 5) is 0.175. The number of sulfonamides is 1. The Bertz CT molecular complexity index is 1520. The van der Waals surface area contributed by atoms with Crippen LogP contribution in [0.2, 0.25) is 0 Å². The van der Waals surface area contributed by atoms with Crippen molar-refractivity contribution in [1.29, 1.82) is 5.41 Å². The third-order valence-electron chi connectivity index (χ3n) is 6.24. The summed E-state index contributed by atoms with van der Waals surface area (Å²) in [7, 11) is -2.21. The Hall–Kier alpha value is -4.05. The largest absolute Gasteiger partial charge is 0.493 e. The van der Waals surface area contributed by atoms with Crippen LogP contribution < -0.4 is 25.2 Å². The lowest BCUT2D eigenvalue weighted by Gasteiger charge is -2.24. The van der Waals surface area contributed by atoms with Gasteiger partial charge in [0.1, 0.15) is 11.9 Å². The van der Waals surface area contributed by atoms with E-state index in [0.717, 1.165) is 16.8 Å². The molecule has 8 nitrogen and oxygen atoms in total. The molecule has 0 spiro atoms. The highest BCUT2D eigenvalue weighted by atomic mass is 35.5. The lowest BCUT2D eigenvalue weighted by Crippen LogP contribution is -2.31. The molecule has 1 unspecified atom stereocenters. The maximum Gasteiger partial charge on any atom is 0.240 e. The fourth-order valence-corrected chi connectivity index (χ4v) is 5.39. The minimum absolute atomic E-state index is 0.0372. The number of nitrogens with one attached hydrogen (secondary N) is 3. The van der Waals surface area contributed by atoms with Crippen LogP contribution in [0, 0.1) is 5.41 Å². The number of rotatable bonds is 13. The highest BCUT2D eigenvalue weighted by molar-refractivity contribution is 7.89. The van der Waals surface area contributed by atoms with Crippen molar-refractivity contribution in [2.75, 3.05) is 24.9 Å². The Balaban J connectivity index is 1.62. The van der Waals surface area contributed by atoms with E-state index in [-0.39, 0.29) is 29.3 Å². The third kappa shape index (κ3) is 7.32. The molecule has 4 aromatic carbocycles. The smallest absolute Gasteiger partial charge is 0.240 e. The summed E-state index contributed by atoms with van der Waals surface area (Å²) in [6.07, 6.45) is -0.381. The van der Waals surface area contributed by atoms with Crippen molar-refractivity contribution in [2.45, 2.75) is 17.0 Å². The van der Waals surface area contributed by atoms with Crippen molar-refractivity contribution in [1.82, 2.24) is 4.72 Å². The maximum absolute atomic E-state index is 13.0. The van der Waals surface area contributed by atoms with Crippen LogP contribution in [0.25, 0.3) is 0 Å². The molecule has 0 amide bonds. The van der Waals surface area contributed by atoms with E-state index in [2.05, 4.69) is 10.0 Å². The second kappa shape index (κ2) is 13.3. The number of anilines is 1. The molecule has 0 radical (unpaired) electrons. The first kappa shape index (κ1) is 28.9. The summed E-state index contributed by atoms with van der Waals surface area (Å²) < 4.78 is 40.5. The molecule has 0 aliphatic carbocycles. The van der Waals surface area contributed by atoms with Crippen LogP contribution >= 0.6 is 11.6 Å². The number of amidine groups is 1. The van der Waals surface area contributed by atoms with E-state index < -0.39 is 16.1 Å². The normalized spacial score (nSPS) is 12.8. The quantitative estimate of drug-likeness (QED) is 0.0946. The molecule has 10 heteroatoms. The third-order valence-corrected chi connectivity index (χ3v) is 7.96. The van der Waals surface area contributed by atoms with E-state index in [1.807, 2.05) is 42.5 Å². The van der Waals surface area contributed by atoms with Gasteiger partial charge >= 0.3 is 0 Å². The van der Waals surface area contributed by atoms with Gasteiger partial charge in [0.2, 0.25) is 10.0 Å². The van der Waals surface area contributed by atoms with Crippen molar-refractivity contribution < 1.29 is 17.9 Å². The molecule has 0 heterocycles.